The Labute approximate surface area is 178 Å². The fraction of sp³-hybridized carbons (Fsp3) is 0.333. The molecule has 1 unspecified atom stereocenters. The predicted molar refractivity (Wildman–Crippen MR) is 113 cm³/mol. The number of fused-ring (bicyclic) bond motifs is 2. The summed E-state index contributed by atoms with van der Waals surface area (Å²) in [6.45, 7) is 1.70. The quantitative estimate of drug-likeness (QED) is 0.514. The van der Waals surface area contributed by atoms with Gasteiger partial charge in [-0.2, -0.15) is 13.2 Å². The highest BCUT2D eigenvalue weighted by Crippen LogP contribution is 2.39. The van der Waals surface area contributed by atoms with E-state index < -0.39 is 25.0 Å². The molecular formula is C24H23F3N2O2. The van der Waals surface area contributed by atoms with Crippen molar-refractivity contribution in [2.24, 2.45) is 5.92 Å². The van der Waals surface area contributed by atoms with Crippen molar-refractivity contribution >= 4 is 28.5 Å². The van der Waals surface area contributed by atoms with Gasteiger partial charge in [-0.1, -0.05) is 25.1 Å². The minimum atomic E-state index is -4.32. The van der Waals surface area contributed by atoms with Crippen molar-refractivity contribution in [2.75, 3.05) is 13.6 Å². The van der Waals surface area contributed by atoms with Crippen LogP contribution in [-0.4, -0.2) is 35.6 Å². The van der Waals surface area contributed by atoms with Gasteiger partial charge in [0.2, 0.25) is 0 Å². The molecule has 1 atom stereocenters. The second-order valence-electron chi connectivity index (χ2n) is 8.12. The number of aromatic nitrogens is 1. The summed E-state index contributed by atoms with van der Waals surface area (Å²) in [5.74, 6) is 0.537. The van der Waals surface area contributed by atoms with Crippen molar-refractivity contribution in [3.8, 4) is 0 Å². The number of alkyl halides is 3. The third-order valence-corrected chi connectivity index (χ3v) is 5.57. The molecule has 0 aliphatic heterocycles. The minimum absolute atomic E-state index is 0.253. The number of amides is 1. The summed E-state index contributed by atoms with van der Waals surface area (Å²) in [6.07, 6.45) is -0.425. The van der Waals surface area contributed by atoms with Gasteiger partial charge in [0, 0.05) is 19.0 Å². The third kappa shape index (κ3) is 4.50. The molecule has 0 saturated carbocycles. The number of hydrogen-bond donors (Lipinski definition) is 0. The van der Waals surface area contributed by atoms with E-state index in [1.807, 2.05) is 36.4 Å². The lowest BCUT2D eigenvalue weighted by molar-refractivity contribution is -0.136. The zero-order valence-corrected chi connectivity index (χ0v) is 17.4. The number of halogens is 3. The van der Waals surface area contributed by atoms with Gasteiger partial charge in [0.25, 0.3) is 5.91 Å². The Morgan fingerprint density at radius 2 is 2.00 bits per heavy atom. The van der Waals surface area contributed by atoms with E-state index >= 15 is 0 Å². The largest absolute Gasteiger partial charge is 0.465 e. The molecule has 1 aliphatic carbocycles. The van der Waals surface area contributed by atoms with Gasteiger partial charge < -0.3 is 9.32 Å². The highest BCUT2D eigenvalue weighted by atomic mass is 19.4. The monoisotopic (exact) mass is 428 g/mol. The molecule has 0 saturated heterocycles. The standard InChI is InChI=1S/C24H23F3N2O2/c1-15-12-16(14-17-6-5-11-31-17)22-19(13-15)21(18-7-3-4-8-20(18)28-22)23(30)29(2)10-9-24(25,26)27/h3-8,11,14-15H,9-10,12-13H2,1-2H3/b16-14-. The van der Waals surface area contributed by atoms with Crippen LogP contribution in [0.15, 0.2) is 47.1 Å². The van der Waals surface area contributed by atoms with Crippen molar-refractivity contribution in [3.05, 3.63) is 65.2 Å². The van der Waals surface area contributed by atoms with Gasteiger partial charge in [0.05, 0.1) is 29.5 Å². The van der Waals surface area contributed by atoms with E-state index in [1.165, 1.54) is 7.05 Å². The Morgan fingerprint density at radius 3 is 2.71 bits per heavy atom. The molecule has 3 aromatic rings. The van der Waals surface area contributed by atoms with Crippen LogP contribution in [0.4, 0.5) is 13.2 Å². The first-order chi connectivity index (χ1) is 14.7. The lowest BCUT2D eigenvalue weighted by Gasteiger charge is -2.28. The average Bonchev–Trinajstić information content (AvgIpc) is 3.22. The maximum Gasteiger partial charge on any atom is 0.390 e. The van der Waals surface area contributed by atoms with Crippen LogP contribution in [0.25, 0.3) is 22.6 Å². The molecule has 4 rings (SSSR count). The molecule has 0 N–H and O–H groups in total. The molecule has 7 heteroatoms. The Hall–Kier alpha value is -3.09. The first kappa shape index (κ1) is 21.2. The minimum Gasteiger partial charge on any atom is -0.465 e. The van der Waals surface area contributed by atoms with Crippen LogP contribution in [0, 0.1) is 5.92 Å². The smallest absolute Gasteiger partial charge is 0.390 e. The predicted octanol–water partition coefficient (Wildman–Crippen LogP) is 5.98. The Balaban J connectivity index is 1.85. The summed E-state index contributed by atoms with van der Waals surface area (Å²) >= 11 is 0. The maximum absolute atomic E-state index is 13.4. The van der Waals surface area contributed by atoms with E-state index in [4.69, 9.17) is 9.40 Å². The zero-order chi connectivity index (χ0) is 22.2. The molecule has 0 bridgehead atoms. The van der Waals surface area contributed by atoms with E-state index in [-0.39, 0.29) is 5.92 Å². The van der Waals surface area contributed by atoms with Gasteiger partial charge in [0.1, 0.15) is 5.76 Å². The van der Waals surface area contributed by atoms with E-state index in [0.717, 1.165) is 28.2 Å². The van der Waals surface area contributed by atoms with Gasteiger partial charge in [-0.25, -0.2) is 4.98 Å². The lowest BCUT2D eigenvalue weighted by atomic mass is 9.80. The summed E-state index contributed by atoms with van der Waals surface area (Å²) in [5.41, 5.74) is 3.57. The fourth-order valence-electron chi connectivity index (χ4n) is 4.11. The topological polar surface area (TPSA) is 46.3 Å². The SMILES string of the molecule is CC1C/C(=C/c2ccco2)c2nc3ccccc3c(C(=O)N(C)CCC(F)(F)F)c2C1. The lowest BCUT2D eigenvalue weighted by Crippen LogP contribution is -2.32. The van der Waals surface area contributed by atoms with Crippen LogP contribution in [0.1, 0.15) is 47.1 Å². The van der Waals surface area contributed by atoms with Crippen molar-refractivity contribution < 1.29 is 22.4 Å². The summed E-state index contributed by atoms with van der Waals surface area (Å²) in [5, 5.41) is 0.663. The second kappa shape index (κ2) is 8.21. The molecule has 1 amide bonds. The van der Waals surface area contributed by atoms with E-state index in [9.17, 15) is 18.0 Å². The van der Waals surface area contributed by atoms with Crippen LogP contribution >= 0.6 is 0 Å². The molecule has 4 nitrogen and oxygen atoms in total. The first-order valence-electron chi connectivity index (χ1n) is 10.2. The number of nitrogens with zero attached hydrogens (tertiary/aromatic N) is 2. The van der Waals surface area contributed by atoms with Gasteiger partial charge in [-0.05, 0) is 54.2 Å². The Bertz CT molecular complexity index is 1130. The number of carbonyl (C=O) groups excluding carboxylic acids is 1. The van der Waals surface area contributed by atoms with Crippen LogP contribution in [0.2, 0.25) is 0 Å². The van der Waals surface area contributed by atoms with Crippen LogP contribution in [0.5, 0.6) is 0 Å². The molecular weight excluding hydrogens is 405 g/mol. The van der Waals surface area contributed by atoms with E-state index in [2.05, 4.69) is 6.92 Å². The Kier molecular flexibility index (Phi) is 5.60. The normalized spacial score (nSPS) is 17.7. The number of furan rings is 1. The zero-order valence-electron chi connectivity index (χ0n) is 17.4. The molecule has 31 heavy (non-hydrogen) atoms. The fourth-order valence-corrected chi connectivity index (χ4v) is 4.11. The van der Waals surface area contributed by atoms with Gasteiger partial charge in [-0.3, -0.25) is 4.79 Å². The number of benzene rings is 1. The first-order valence-corrected chi connectivity index (χ1v) is 10.2. The van der Waals surface area contributed by atoms with E-state index in [1.54, 1.807) is 12.3 Å². The van der Waals surface area contributed by atoms with Gasteiger partial charge in [0.15, 0.2) is 0 Å². The number of para-hydroxylation sites is 1. The van der Waals surface area contributed by atoms with Crippen LogP contribution in [-0.2, 0) is 6.42 Å². The average molecular weight is 428 g/mol. The highest BCUT2D eigenvalue weighted by Gasteiger charge is 2.32. The van der Waals surface area contributed by atoms with Crippen LogP contribution in [0.3, 0.4) is 0 Å². The van der Waals surface area contributed by atoms with Crippen molar-refractivity contribution in [1.29, 1.82) is 0 Å². The summed E-state index contributed by atoms with van der Waals surface area (Å²) in [4.78, 5) is 19.4. The molecule has 1 aliphatic rings. The van der Waals surface area contributed by atoms with Crippen molar-refractivity contribution in [2.45, 2.75) is 32.4 Å². The van der Waals surface area contributed by atoms with Crippen molar-refractivity contribution in [1.82, 2.24) is 9.88 Å². The number of hydrogen-bond acceptors (Lipinski definition) is 3. The highest BCUT2D eigenvalue weighted by molar-refractivity contribution is 6.09. The number of carbonyl (C=O) groups is 1. The number of rotatable bonds is 4. The summed E-state index contributed by atoms with van der Waals surface area (Å²) in [7, 11) is 1.42. The molecule has 162 valence electrons. The number of allylic oxidation sites excluding steroid dienone is 1. The Morgan fingerprint density at radius 1 is 1.23 bits per heavy atom. The number of pyridine rings is 1. The molecule has 0 fully saturated rings. The van der Waals surface area contributed by atoms with Crippen LogP contribution < -0.4 is 0 Å². The second-order valence-corrected chi connectivity index (χ2v) is 8.12. The maximum atomic E-state index is 13.4. The van der Waals surface area contributed by atoms with E-state index in [0.29, 0.717) is 28.6 Å². The molecule has 2 heterocycles. The third-order valence-electron chi connectivity index (χ3n) is 5.57. The summed E-state index contributed by atoms with van der Waals surface area (Å²) in [6, 6.07) is 10.9. The van der Waals surface area contributed by atoms with Gasteiger partial charge in [-0.15, -0.1) is 0 Å². The molecule has 1 aromatic carbocycles. The molecule has 0 radical (unpaired) electrons. The molecule has 0 spiro atoms. The van der Waals surface area contributed by atoms with Gasteiger partial charge >= 0.3 is 6.18 Å². The van der Waals surface area contributed by atoms with Crippen molar-refractivity contribution in [3.63, 3.8) is 0 Å². The summed E-state index contributed by atoms with van der Waals surface area (Å²) < 4.78 is 43.6. The molecule has 2 aromatic heterocycles.